The van der Waals surface area contributed by atoms with E-state index in [2.05, 4.69) is 42.3 Å². The summed E-state index contributed by atoms with van der Waals surface area (Å²) in [5, 5.41) is 0. The third-order valence-corrected chi connectivity index (χ3v) is 2.30. The van der Waals surface area contributed by atoms with Crippen molar-refractivity contribution in [2.75, 3.05) is 0 Å². The first-order valence-corrected chi connectivity index (χ1v) is 4.84. The minimum atomic E-state index is 0.454. The van der Waals surface area contributed by atoms with E-state index in [0.29, 0.717) is 5.92 Å². The summed E-state index contributed by atoms with van der Waals surface area (Å²) in [6.45, 7) is 2.15. The minimum absolute atomic E-state index is 0.454. The number of nitrogens with zero attached hydrogens (tertiary/aromatic N) is 1. The smallest absolute Gasteiger partial charge is 0.0469 e. The molecule has 1 unspecified atom stereocenters. The van der Waals surface area contributed by atoms with Crippen LogP contribution in [0.2, 0.25) is 0 Å². The van der Waals surface area contributed by atoms with Gasteiger partial charge in [-0.25, -0.2) is 0 Å². The van der Waals surface area contributed by atoms with Crippen molar-refractivity contribution in [3.63, 3.8) is 0 Å². The molecule has 2 rings (SSSR count). The van der Waals surface area contributed by atoms with Gasteiger partial charge in [-0.15, -0.1) is 0 Å². The van der Waals surface area contributed by atoms with Gasteiger partial charge < -0.3 is 0 Å². The number of allylic oxidation sites excluding steroid dienone is 3. The van der Waals surface area contributed by atoms with Gasteiger partial charge in [0.05, 0.1) is 0 Å². The number of benzene rings is 1. The predicted octanol–water partition coefficient (Wildman–Crippen LogP) is 3.20. The van der Waals surface area contributed by atoms with E-state index in [9.17, 15) is 0 Å². The van der Waals surface area contributed by atoms with E-state index < -0.39 is 0 Å². The van der Waals surface area contributed by atoms with E-state index in [4.69, 9.17) is 0 Å². The maximum Gasteiger partial charge on any atom is 0.0469 e. The maximum absolute atomic E-state index is 4.45. The molecule has 0 radical (unpaired) electrons. The lowest BCUT2D eigenvalue weighted by atomic mass is 10.1. The zero-order chi connectivity index (χ0) is 9.80. The van der Waals surface area contributed by atoms with Crippen molar-refractivity contribution < 1.29 is 0 Å². The molecule has 1 aromatic rings. The standard InChI is InChI=1S/C13H13N/c1-11-6-5-9-13(11)14-10-12-7-3-2-4-8-12/h2-11H,1H3/b14-10+. The Morgan fingerprint density at radius 3 is 2.64 bits per heavy atom. The Hall–Kier alpha value is -1.63. The van der Waals surface area contributed by atoms with E-state index in [1.165, 1.54) is 0 Å². The highest BCUT2D eigenvalue weighted by molar-refractivity contribution is 5.80. The highest BCUT2D eigenvalue weighted by atomic mass is 14.7. The molecule has 0 aliphatic heterocycles. The summed E-state index contributed by atoms with van der Waals surface area (Å²) >= 11 is 0. The van der Waals surface area contributed by atoms with Crippen LogP contribution in [0, 0.1) is 5.92 Å². The summed E-state index contributed by atoms with van der Waals surface area (Å²) in [5.41, 5.74) is 2.28. The fraction of sp³-hybridized carbons (Fsp3) is 0.154. The van der Waals surface area contributed by atoms with Crippen LogP contribution in [0.1, 0.15) is 12.5 Å². The SMILES string of the molecule is CC1C=CC=C1/N=C/c1ccccc1. The molecule has 14 heavy (non-hydrogen) atoms. The molecule has 1 atom stereocenters. The third-order valence-electron chi connectivity index (χ3n) is 2.30. The van der Waals surface area contributed by atoms with Crippen molar-refractivity contribution in [2.45, 2.75) is 6.92 Å². The molecule has 1 aliphatic rings. The fourth-order valence-electron chi connectivity index (χ4n) is 1.42. The third kappa shape index (κ3) is 1.99. The first-order chi connectivity index (χ1) is 6.86. The first-order valence-electron chi connectivity index (χ1n) is 4.84. The van der Waals surface area contributed by atoms with Crippen LogP contribution in [-0.2, 0) is 0 Å². The quantitative estimate of drug-likeness (QED) is 0.624. The van der Waals surface area contributed by atoms with Gasteiger partial charge in [0, 0.05) is 17.8 Å². The van der Waals surface area contributed by atoms with Crippen molar-refractivity contribution >= 4 is 6.21 Å². The molecular weight excluding hydrogens is 170 g/mol. The first kappa shape index (κ1) is 8.95. The van der Waals surface area contributed by atoms with Gasteiger partial charge in [0.1, 0.15) is 0 Å². The Morgan fingerprint density at radius 1 is 1.21 bits per heavy atom. The van der Waals surface area contributed by atoms with Gasteiger partial charge in [-0.05, 0) is 11.6 Å². The molecule has 0 N–H and O–H groups in total. The van der Waals surface area contributed by atoms with E-state index >= 15 is 0 Å². The molecular formula is C13H13N. The summed E-state index contributed by atoms with van der Waals surface area (Å²) in [5.74, 6) is 0.454. The second kappa shape index (κ2) is 4.05. The normalized spacial score (nSPS) is 20.4. The highest BCUT2D eigenvalue weighted by Crippen LogP contribution is 2.19. The lowest BCUT2D eigenvalue weighted by Gasteiger charge is -2.00. The largest absolute Gasteiger partial charge is 0.260 e. The molecule has 70 valence electrons. The van der Waals surface area contributed by atoms with Crippen molar-refractivity contribution in [2.24, 2.45) is 10.9 Å². The van der Waals surface area contributed by atoms with Crippen molar-refractivity contribution in [3.8, 4) is 0 Å². The maximum atomic E-state index is 4.45. The molecule has 0 saturated heterocycles. The number of hydrogen-bond acceptors (Lipinski definition) is 1. The molecule has 0 aromatic heterocycles. The lowest BCUT2D eigenvalue weighted by molar-refractivity contribution is 0.868. The average Bonchev–Trinajstić information content (AvgIpc) is 2.63. The molecule has 0 bridgehead atoms. The van der Waals surface area contributed by atoms with Gasteiger partial charge in [0.2, 0.25) is 0 Å². The number of hydrogen-bond donors (Lipinski definition) is 0. The number of rotatable bonds is 2. The zero-order valence-corrected chi connectivity index (χ0v) is 8.22. The monoisotopic (exact) mass is 183 g/mol. The summed E-state index contributed by atoms with van der Waals surface area (Å²) in [4.78, 5) is 4.45. The zero-order valence-electron chi connectivity index (χ0n) is 8.22. The predicted molar refractivity (Wildman–Crippen MR) is 60.4 cm³/mol. The average molecular weight is 183 g/mol. The summed E-state index contributed by atoms with van der Waals surface area (Å²) in [6, 6.07) is 10.2. The van der Waals surface area contributed by atoms with E-state index in [1.807, 2.05) is 24.4 Å². The van der Waals surface area contributed by atoms with Crippen LogP contribution in [0.15, 0.2) is 59.2 Å². The molecule has 1 nitrogen and oxygen atoms in total. The minimum Gasteiger partial charge on any atom is -0.260 e. The van der Waals surface area contributed by atoms with Crippen molar-refractivity contribution in [1.82, 2.24) is 0 Å². The molecule has 1 aromatic carbocycles. The molecule has 0 fully saturated rings. The summed E-state index contributed by atoms with van der Waals surface area (Å²) in [7, 11) is 0. The van der Waals surface area contributed by atoms with Gasteiger partial charge in [0.15, 0.2) is 0 Å². The number of aliphatic imine (C=N–C) groups is 1. The van der Waals surface area contributed by atoms with Crippen LogP contribution in [-0.4, -0.2) is 6.21 Å². The lowest BCUT2D eigenvalue weighted by Crippen LogP contribution is -1.89. The second-order valence-corrected chi connectivity index (χ2v) is 3.43. The van der Waals surface area contributed by atoms with E-state index in [1.54, 1.807) is 0 Å². The Labute approximate surface area is 84.5 Å². The van der Waals surface area contributed by atoms with Gasteiger partial charge in [0.25, 0.3) is 0 Å². The second-order valence-electron chi connectivity index (χ2n) is 3.43. The van der Waals surface area contributed by atoms with Crippen molar-refractivity contribution in [3.05, 3.63) is 59.8 Å². The Bertz CT molecular complexity index is 385. The van der Waals surface area contributed by atoms with Gasteiger partial charge in [-0.3, -0.25) is 4.99 Å². The van der Waals surface area contributed by atoms with Crippen LogP contribution >= 0.6 is 0 Å². The van der Waals surface area contributed by atoms with Crippen LogP contribution in [0.5, 0.6) is 0 Å². The van der Waals surface area contributed by atoms with Crippen LogP contribution in [0.25, 0.3) is 0 Å². The van der Waals surface area contributed by atoms with Crippen LogP contribution < -0.4 is 0 Å². The Morgan fingerprint density at radius 2 is 2.00 bits per heavy atom. The molecule has 1 heteroatoms. The van der Waals surface area contributed by atoms with E-state index in [0.717, 1.165) is 11.3 Å². The van der Waals surface area contributed by atoms with Gasteiger partial charge in [-0.1, -0.05) is 49.4 Å². The van der Waals surface area contributed by atoms with E-state index in [-0.39, 0.29) is 0 Å². The Balaban J connectivity index is 2.09. The molecule has 0 spiro atoms. The summed E-state index contributed by atoms with van der Waals surface area (Å²) < 4.78 is 0. The fourth-order valence-corrected chi connectivity index (χ4v) is 1.42. The molecule has 0 amide bonds. The molecule has 0 saturated carbocycles. The Kier molecular flexibility index (Phi) is 2.59. The van der Waals surface area contributed by atoms with Crippen LogP contribution in [0.3, 0.4) is 0 Å². The molecule has 1 aliphatic carbocycles. The summed E-state index contributed by atoms with van der Waals surface area (Å²) in [6.07, 6.45) is 8.18. The van der Waals surface area contributed by atoms with Crippen molar-refractivity contribution in [1.29, 1.82) is 0 Å². The van der Waals surface area contributed by atoms with Crippen LogP contribution in [0.4, 0.5) is 0 Å². The topological polar surface area (TPSA) is 12.4 Å². The molecule has 0 heterocycles. The van der Waals surface area contributed by atoms with Gasteiger partial charge >= 0.3 is 0 Å². The highest BCUT2D eigenvalue weighted by Gasteiger charge is 2.06. The van der Waals surface area contributed by atoms with Gasteiger partial charge in [-0.2, -0.15) is 0 Å².